The Balaban J connectivity index is 2.20. The summed E-state index contributed by atoms with van der Waals surface area (Å²) >= 11 is 3.19. The summed E-state index contributed by atoms with van der Waals surface area (Å²) in [5.41, 5.74) is 0.316. The molecule has 0 saturated carbocycles. The summed E-state index contributed by atoms with van der Waals surface area (Å²) in [7, 11) is 1.82. The van der Waals surface area contributed by atoms with E-state index in [1.54, 1.807) is 29.3 Å². The topological polar surface area (TPSA) is 48.7 Å². The summed E-state index contributed by atoms with van der Waals surface area (Å²) in [6.45, 7) is 0. The summed E-state index contributed by atoms with van der Waals surface area (Å²) in [5.74, 6) is 0.636. The average molecular weight is 275 g/mol. The second kappa shape index (κ2) is 6.01. The number of hydrogen-bond donors (Lipinski definition) is 1. The van der Waals surface area contributed by atoms with Gasteiger partial charge in [-0.3, -0.25) is 5.32 Å². The third kappa shape index (κ3) is 2.72. The van der Waals surface area contributed by atoms with Crippen molar-refractivity contribution in [2.75, 3.05) is 12.8 Å². The molecule has 0 bridgehead atoms. The fourth-order valence-electron chi connectivity index (χ4n) is 1.63. The summed E-state index contributed by atoms with van der Waals surface area (Å²) in [4.78, 5) is 4.23. The van der Waals surface area contributed by atoms with Gasteiger partial charge in [0.2, 0.25) is 0 Å². The number of thiazole rings is 1. The second-order valence-electron chi connectivity index (χ2n) is 3.72. The van der Waals surface area contributed by atoms with Crippen LogP contribution in [0.1, 0.15) is 5.56 Å². The molecule has 0 fully saturated rings. The Bertz CT molecular complexity index is 519. The van der Waals surface area contributed by atoms with Crippen LogP contribution in [0.2, 0.25) is 0 Å². The number of aromatic nitrogens is 1. The quantitative estimate of drug-likeness (QED) is 0.852. The summed E-state index contributed by atoms with van der Waals surface area (Å²) in [6, 6.07) is 12.2. The van der Waals surface area contributed by atoms with Crippen molar-refractivity contribution >= 4 is 23.1 Å². The van der Waals surface area contributed by atoms with Crippen LogP contribution in [0, 0.1) is 11.3 Å². The predicted molar refractivity (Wildman–Crippen MR) is 75.6 cm³/mol. The van der Waals surface area contributed by atoms with E-state index in [1.165, 1.54) is 0 Å². The minimum Gasteiger partial charge on any atom is -0.298 e. The zero-order valence-corrected chi connectivity index (χ0v) is 11.6. The molecule has 3 nitrogen and oxygen atoms in total. The van der Waals surface area contributed by atoms with Crippen molar-refractivity contribution in [1.82, 2.24) is 10.3 Å². The number of hydrogen-bond acceptors (Lipinski definition) is 5. The Morgan fingerprint density at radius 3 is 2.78 bits per heavy atom. The van der Waals surface area contributed by atoms with Gasteiger partial charge in [-0.2, -0.15) is 5.26 Å². The van der Waals surface area contributed by atoms with E-state index in [-0.39, 0.29) is 0 Å². The number of benzene rings is 1. The van der Waals surface area contributed by atoms with Crippen molar-refractivity contribution in [2.24, 2.45) is 0 Å². The molecule has 1 N–H and O–H groups in total. The Hall–Kier alpha value is -1.35. The molecule has 2 aromatic rings. The standard InChI is InChI=1S/C13H13N3S2/c1-15-13(9-14,11-5-3-2-4-6-11)10-18-12-16-7-8-17-12/h2-8,15H,10H2,1H3. The van der Waals surface area contributed by atoms with Gasteiger partial charge >= 0.3 is 0 Å². The first-order chi connectivity index (χ1) is 8.80. The lowest BCUT2D eigenvalue weighted by atomic mass is 9.94. The molecule has 18 heavy (non-hydrogen) atoms. The van der Waals surface area contributed by atoms with Gasteiger partial charge in [-0.05, 0) is 12.6 Å². The zero-order valence-electron chi connectivity index (χ0n) is 9.96. The van der Waals surface area contributed by atoms with Gasteiger partial charge in [0.15, 0.2) is 0 Å². The van der Waals surface area contributed by atoms with Crippen molar-refractivity contribution in [3.05, 3.63) is 47.5 Å². The normalized spacial score (nSPS) is 13.8. The number of rotatable bonds is 5. The Morgan fingerprint density at radius 2 is 2.22 bits per heavy atom. The first-order valence-electron chi connectivity index (χ1n) is 5.49. The number of nitrogens with zero attached hydrogens (tertiary/aromatic N) is 2. The van der Waals surface area contributed by atoms with Crippen LogP contribution in [-0.2, 0) is 5.54 Å². The van der Waals surface area contributed by atoms with Crippen LogP contribution in [-0.4, -0.2) is 17.8 Å². The van der Waals surface area contributed by atoms with Gasteiger partial charge in [0, 0.05) is 17.3 Å². The van der Waals surface area contributed by atoms with Crippen molar-refractivity contribution in [3.8, 4) is 6.07 Å². The highest BCUT2D eigenvalue weighted by Gasteiger charge is 2.30. The molecular formula is C13H13N3S2. The molecule has 1 unspecified atom stereocenters. The van der Waals surface area contributed by atoms with E-state index < -0.39 is 5.54 Å². The van der Waals surface area contributed by atoms with Crippen LogP contribution >= 0.6 is 23.1 Å². The fourth-order valence-corrected chi connectivity index (χ4v) is 3.45. The van der Waals surface area contributed by atoms with Gasteiger partial charge in [0.1, 0.15) is 9.88 Å². The highest BCUT2D eigenvalue weighted by molar-refractivity contribution is 8.01. The number of nitrogens with one attached hydrogen (secondary N) is 1. The molecular weight excluding hydrogens is 262 g/mol. The lowest BCUT2D eigenvalue weighted by Crippen LogP contribution is -2.41. The van der Waals surface area contributed by atoms with Crippen LogP contribution in [0.4, 0.5) is 0 Å². The lowest BCUT2D eigenvalue weighted by molar-refractivity contribution is 0.528. The SMILES string of the molecule is CNC(C#N)(CSc1nccs1)c1ccccc1. The Labute approximate surface area is 115 Å². The van der Waals surface area contributed by atoms with E-state index in [0.29, 0.717) is 5.75 Å². The zero-order chi connectivity index (χ0) is 12.8. The van der Waals surface area contributed by atoms with E-state index in [9.17, 15) is 5.26 Å². The van der Waals surface area contributed by atoms with Gasteiger partial charge in [-0.25, -0.2) is 4.98 Å². The molecule has 0 radical (unpaired) electrons. The van der Waals surface area contributed by atoms with E-state index in [2.05, 4.69) is 16.4 Å². The van der Waals surface area contributed by atoms with Crippen molar-refractivity contribution in [2.45, 2.75) is 9.88 Å². The molecule has 5 heteroatoms. The monoisotopic (exact) mass is 275 g/mol. The molecule has 0 amide bonds. The van der Waals surface area contributed by atoms with Gasteiger partial charge in [-0.15, -0.1) is 11.3 Å². The Morgan fingerprint density at radius 1 is 1.44 bits per heavy atom. The first-order valence-corrected chi connectivity index (χ1v) is 7.35. The predicted octanol–water partition coefficient (Wildman–Crippen LogP) is 2.87. The van der Waals surface area contributed by atoms with Crippen molar-refractivity contribution < 1.29 is 0 Å². The molecule has 1 atom stereocenters. The third-order valence-corrected chi connectivity index (χ3v) is 4.84. The molecule has 0 aliphatic rings. The minimum atomic E-state index is -0.669. The molecule has 0 saturated heterocycles. The van der Waals surface area contributed by atoms with Crippen LogP contribution < -0.4 is 5.32 Å². The Kier molecular flexibility index (Phi) is 4.37. The molecule has 2 rings (SSSR count). The molecule has 1 aromatic carbocycles. The van der Waals surface area contributed by atoms with Crippen LogP contribution in [0.5, 0.6) is 0 Å². The first kappa shape index (κ1) is 13.1. The summed E-state index contributed by atoms with van der Waals surface area (Å²) in [5, 5.41) is 14.6. The van der Waals surface area contributed by atoms with E-state index in [4.69, 9.17) is 0 Å². The maximum atomic E-state index is 9.52. The van der Waals surface area contributed by atoms with Gasteiger partial charge < -0.3 is 0 Å². The van der Waals surface area contributed by atoms with Crippen molar-refractivity contribution in [1.29, 1.82) is 5.26 Å². The highest BCUT2D eigenvalue weighted by atomic mass is 32.2. The molecule has 1 aromatic heterocycles. The summed E-state index contributed by atoms with van der Waals surface area (Å²) < 4.78 is 0.987. The molecule has 0 aliphatic heterocycles. The van der Waals surface area contributed by atoms with E-state index >= 15 is 0 Å². The van der Waals surface area contributed by atoms with Crippen molar-refractivity contribution in [3.63, 3.8) is 0 Å². The maximum absolute atomic E-state index is 9.52. The fraction of sp³-hybridized carbons (Fsp3) is 0.231. The van der Waals surface area contributed by atoms with E-state index in [0.717, 1.165) is 9.90 Å². The molecule has 1 heterocycles. The number of nitriles is 1. The molecule has 0 aliphatic carbocycles. The highest BCUT2D eigenvalue weighted by Crippen LogP contribution is 2.30. The minimum absolute atomic E-state index is 0.636. The largest absolute Gasteiger partial charge is 0.298 e. The van der Waals surface area contributed by atoms with Gasteiger partial charge in [0.05, 0.1) is 6.07 Å². The molecule has 0 spiro atoms. The van der Waals surface area contributed by atoms with E-state index in [1.807, 2.05) is 42.8 Å². The molecule has 92 valence electrons. The summed E-state index contributed by atoms with van der Waals surface area (Å²) in [6.07, 6.45) is 1.78. The van der Waals surface area contributed by atoms with Crippen LogP contribution in [0.25, 0.3) is 0 Å². The smallest absolute Gasteiger partial charge is 0.149 e. The third-order valence-electron chi connectivity index (χ3n) is 2.71. The number of thioether (sulfide) groups is 1. The van der Waals surface area contributed by atoms with Crippen LogP contribution in [0.3, 0.4) is 0 Å². The van der Waals surface area contributed by atoms with Gasteiger partial charge in [-0.1, -0.05) is 42.1 Å². The van der Waals surface area contributed by atoms with Gasteiger partial charge in [0.25, 0.3) is 0 Å². The van der Waals surface area contributed by atoms with Crippen LogP contribution in [0.15, 0.2) is 46.2 Å². The second-order valence-corrected chi connectivity index (χ2v) is 5.84. The lowest BCUT2D eigenvalue weighted by Gasteiger charge is -2.25. The maximum Gasteiger partial charge on any atom is 0.149 e. The average Bonchev–Trinajstić information content (AvgIpc) is 2.95.